The van der Waals surface area contributed by atoms with Crippen molar-refractivity contribution in [2.75, 3.05) is 49.9 Å². The molecule has 3 saturated heterocycles. The number of nitrogen functional groups attached to an aromatic ring is 1. The Morgan fingerprint density at radius 2 is 1.39 bits per heavy atom. The smallest absolute Gasteiger partial charge is 0.262 e. The number of anilines is 2. The molecule has 2 aromatic heterocycles. The number of fused-ring (bicyclic) bond motifs is 2. The lowest BCUT2D eigenvalue weighted by atomic mass is 9.89. The number of imide groups is 2. The first-order chi connectivity index (χ1) is 28.7. The second-order valence-corrected chi connectivity index (χ2v) is 16.1. The summed E-state index contributed by atoms with van der Waals surface area (Å²) in [5.74, 6) is -1.16. The molecule has 6 heterocycles. The Morgan fingerprint density at radius 1 is 0.746 bits per heavy atom. The minimum absolute atomic E-state index is 0.0229. The quantitative estimate of drug-likeness (QED) is 0.213. The first-order valence-electron chi connectivity index (χ1n) is 20.3. The van der Waals surface area contributed by atoms with Gasteiger partial charge in [0.05, 0.1) is 28.2 Å². The van der Waals surface area contributed by atoms with Crippen LogP contribution in [0.1, 0.15) is 65.3 Å². The summed E-state index contributed by atoms with van der Waals surface area (Å²) >= 11 is 0. The second kappa shape index (κ2) is 14.8. The summed E-state index contributed by atoms with van der Waals surface area (Å²) in [4.78, 5) is 67.3. The van der Waals surface area contributed by atoms with Gasteiger partial charge in [-0.05, 0) is 80.6 Å². The zero-order valence-corrected chi connectivity index (χ0v) is 32.3. The van der Waals surface area contributed by atoms with Crippen molar-refractivity contribution in [3.05, 3.63) is 90.0 Å². The fourth-order valence-electron chi connectivity index (χ4n) is 9.50. The number of piperazine rings is 1. The van der Waals surface area contributed by atoms with E-state index in [2.05, 4.69) is 29.8 Å². The first kappa shape index (κ1) is 37.0. The average molecular weight is 799 g/mol. The molecule has 0 unspecified atom stereocenters. The van der Waals surface area contributed by atoms with E-state index in [0.717, 1.165) is 96.6 Å². The number of nitrogens with two attached hydrogens (primary N) is 1. The molecular weight excluding hydrogens is 756 g/mol. The number of carbonyl (C=O) groups excluding carboxylic acids is 4. The second-order valence-electron chi connectivity index (χ2n) is 16.1. The van der Waals surface area contributed by atoms with E-state index >= 15 is 4.39 Å². The molecule has 5 aliphatic rings. The van der Waals surface area contributed by atoms with Gasteiger partial charge in [-0.1, -0.05) is 18.2 Å². The summed E-state index contributed by atoms with van der Waals surface area (Å²) in [6.45, 7) is 4.95. The van der Waals surface area contributed by atoms with E-state index in [-0.39, 0.29) is 41.7 Å². The molecule has 0 spiro atoms. The molecule has 3 aromatic carbocycles. The largest absolute Gasteiger partial charge is 0.457 e. The van der Waals surface area contributed by atoms with Crippen molar-refractivity contribution >= 4 is 46.2 Å². The lowest BCUT2D eigenvalue weighted by Gasteiger charge is -2.50. The monoisotopic (exact) mass is 798 g/mol. The zero-order chi connectivity index (χ0) is 40.4. The van der Waals surface area contributed by atoms with Crippen LogP contribution < -0.4 is 20.7 Å². The summed E-state index contributed by atoms with van der Waals surface area (Å²) in [5.41, 5.74) is 9.17. The van der Waals surface area contributed by atoms with Crippen LogP contribution in [0.4, 0.5) is 15.9 Å². The predicted molar refractivity (Wildman–Crippen MR) is 215 cm³/mol. The Hall–Kier alpha value is -6.26. The fraction of sp³-hybridized carbons (Fsp3) is 0.372. The van der Waals surface area contributed by atoms with Crippen molar-refractivity contribution in [2.45, 2.75) is 62.7 Å². The minimum atomic E-state index is -1.09. The Labute approximate surface area is 338 Å². The minimum Gasteiger partial charge on any atom is -0.457 e. The van der Waals surface area contributed by atoms with Crippen LogP contribution in [0.5, 0.6) is 11.5 Å². The van der Waals surface area contributed by atoms with Crippen molar-refractivity contribution in [2.24, 2.45) is 0 Å². The van der Waals surface area contributed by atoms with Crippen LogP contribution in [0.2, 0.25) is 0 Å². The maximum absolute atomic E-state index is 15.4. The molecule has 16 heteroatoms. The predicted octanol–water partition coefficient (Wildman–Crippen LogP) is 4.40. The van der Waals surface area contributed by atoms with E-state index < -0.39 is 35.5 Å². The standard InChI is InChI=1S/C43H43FN10O5/c44-33-20-31-32(43(58)53(42(31)57)34-14-15-36(55)48-41(34)56)21-35(33)52-22-28(23-52)51-18-16-50(17-19-51)26-8-10-27(11-9-26)54-40-37(39(45)46-24-47-40)38(49-54)25-6-12-30(13-7-25)59-29-4-2-1-3-5-29/h1-7,12-13,20-21,24,26-28,34H,8-11,14-19,22-23H2,(H2,45,46,47)(H,48,55,56)/t26-,27+,34-/m1/s1. The Morgan fingerprint density at radius 3 is 2.08 bits per heavy atom. The van der Waals surface area contributed by atoms with Gasteiger partial charge in [0.15, 0.2) is 5.65 Å². The highest BCUT2D eigenvalue weighted by Gasteiger charge is 2.46. The fourth-order valence-corrected chi connectivity index (χ4v) is 9.50. The van der Waals surface area contributed by atoms with E-state index in [1.807, 2.05) is 59.5 Å². The highest BCUT2D eigenvalue weighted by Crippen LogP contribution is 2.39. The molecule has 59 heavy (non-hydrogen) atoms. The summed E-state index contributed by atoms with van der Waals surface area (Å²) in [5, 5.41) is 8.06. The molecule has 4 amide bonds. The summed E-state index contributed by atoms with van der Waals surface area (Å²) < 4.78 is 23.5. The van der Waals surface area contributed by atoms with Gasteiger partial charge in [-0.25, -0.2) is 19.0 Å². The Balaban J connectivity index is 0.740. The Bertz CT molecular complexity index is 2470. The number of ether oxygens (including phenoxy) is 1. The summed E-state index contributed by atoms with van der Waals surface area (Å²) in [6.07, 6.45) is 5.61. The third-order valence-corrected chi connectivity index (χ3v) is 12.7. The number of nitrogens with zero attached hydrogens (tertiary/aromatic N) is 8. The topological polar surface area (TPSA) is 172 Å². The van der Waals surface area contributed by atoms with Crippen molar-refractivity contribution < 1.29 is 28.3 Å². The number of nitrogens with one attached hydrogen (secondary N) is 1. The maximum atomic E-state index is 15.4. The van der Waals surface area contributed by atoms with Crippen LogP contribution in [0.25, 0.3) is 22.3 Å². The SMILES string of the molecule is Nc1ncnc2c1c(-c1ccc(Oc3ccccc3)cc1)nn2[C@H]1CC[C@@H](N2CCN(C3CN(c4cc5c(cc4F)C(=O)N([C@@H]4CCC(=O)NC4=O)C5=O)C3)CC2)CC1. The molecule has 1 atom stereocenters. The van der Waals surface area contributed by atoms with Gasteiger partial charge >= 0.3 is 0 Å². The van der Waals surface area contributed by atoms with Crippen molar-refractivity contribution in [1.82, 2.24) is 39.8 Å². The van der Waals surface area contributed by atoms with E-state index in [4.69, 9.17) is 15.6 Å². The molecule has 5 aromatic rings. The average Bonchev–Trinajstić information content (AvgIpc) is 3.73. The zero-order valence-electron chi connectivity index (χ0n) is 32.3. The van der Waals surface area contributed by atoms with Crippen LogP contribution in [0.15, 0.2) is 73.1 Å². The van der Waals surface area contributed by atoms with Gasteiger partial charge in [-0.15, -0.1) is 0 Å². The van der Waals surface area contributed by atoms with Gasteiger partial charge in [0.2, 0.25) is 11.8 Å². The van der Waals surface area contributed by atoms with Gasteiger partial charge < -0.3 is 15.4 Å². The molecule has 4 aliphatic heterocycles. The van der Waals surface area contributed by atoms with Crippen LogP contribution in [-0.4, -0.2) is 115 Å². The number of carbonyl (C=O) groups is 4. The summed E-state index contributed by atoms with van der Waals surface area (Å²) in [6, 6.07) is 19.9. The number of aromatic nitrogens is 4. The third-order valence-electron chi connectivity index (χ3n) is 12.7. The number of piperidine rings is 1. The third kappa shape index (κ3) is 6.65. The molecule has 3 N–H and O–H groups in total. The van der Waals surface area contributed by atoms with Gasteiger partial charge in [0.25, 0.3) is 11.8 Å². The normalized spacial score (nSPS) is 23.1. The van der Waals surface area contributed by atoms with E-state index in [1.165, 1.54) is 12.4 Å². The van der Waals surface area contributed by atoms with Crippen LogP contribution in [-0.2, 0) is 9.59 Å². The van der Waals surface area contributed by atoms with Crippen molar-refractivity contribution in [3.63, 3.8) is 0 Å². The molecule has 15 nitrogen and oxygen atoms in total. The molecule has 302 valence electrons. The lowest BCUT2D eigenvalue weighted by Crippen LogP contribution is -2.64. The molecular formula is C43H43FN10O5. The van der Waals surface area contributed by atoms with Crippen molar-refractivity contribution in [3.8, 4) is 22.8 Å². The van der Waals surface area contributed by atoms with Gasteiger partial charge in [-0.2, -0.15) is 5.10 Å². The lowest BCUT2D eigenvalue weighted by molar-refractivity contribution is -0.136. The number of hydrogen-bond donors (Lipinski definition) is 2. The van der Waals surface area contributed by atoms with Gasteiger partial charge in [0.1, 0.15) is 41.2 Å². The Kier molecular flexibility index (Phi) is 9.32. The van der Waals surface area contributed by atoms with E-state index in [0.29, 0.717) is 24.9 Å². The highest BCUT2D eigenvalue weighted by molar-refractivity contribution is 6.23. The number of halogens is 1. The van der Waals surface area contributed by atoms with Crippen LogP contribution in [0, 0.1) is 5.82 Å². The van der Waals surface area contributed by atoms with E-state index in [1.54, 1.807) is 0 Å². The van der Waals surface area contributed by atoms with Gasteiger partial charge in [-0.3, -0.25) is 39.2 Å². The van der Waals surface area contributed by atoms with Crippen LogP contribution >= 0.6 is 0 Å². The van der Waals surface area contributed by atoms with Gasteiger partial charge in [0, 0.05) is 63.3 Å². The van der Waals surface area contributed by atoms with E-state index in [9.17, 15) is 19.2 Å². The first-order valence-corrected chi connectivity index (χ1v) is 20.3. The van der Waals surface area contributed by atoms with Crippen molar-refractivity contribution in [1.29, 1.82) is 0 Å². The highest BCUT2D eigenvalue weighted by atomic mass is 19.1. The van der Waals surface area contributed by atoms with Crippen LogP contribution in [0.3, 0.4) is 0 Å². The summed E-state index contributed by atoms with van der Waals surface area (Å²) in [7, 11) is 0. The number of benzene rings is 3. The number of para-hydroxylation sites is 1. The number of rotatable bonds is 8. The number of amides is 4. The molecule has 0 radical (unpaired) electrons. The molecule has 1 saturated carbocycles. The maximum Gasteiger partial charge on any atom is 0.262 e. The molecule has 10 rings (SSSR count). The molecule has 1 aliphatic carbocycles. The molecule has 0 bridgehead atoms. The number of hydrogen-bond acceptors (Lipinski definition) is 12. The molecule has 4 fully saturated rings.